The van der Waals surface area contributed by atoms with Crippen molar-refractivity contribution in [3.8, 4) is 5.75 Å². The van der Waals surface area contributed by atoms with Gasteiger partial charge in [-0.1, -0.05) is 29.8 Å². The van der Waals surface area contributed by atoms with Crippen LogP contribution >= 0.6 is 0 Å². The average molecular weight is 298 g/mol. The minimum atomic E-state index is -0.573. The zero-order chi connectivity index (χ0) is 16.1. The SMILES string of the molecule is Cc1ccc(C(=O)CC=Nc2cc([N+](=O)[O-])ccc2O)cc1. The van der Waals surface area contributed by atoms with Crippen molar-refractivity contribution >= 4 is 23.4 Å². The Morgan fingerprint density at radius 2 is 1.95 bits per heavy atom. The third-order valence-electron chi connectivity index (χ3n) is 3.05. The van der Waals surface area contributed by atoms with Crippen molar-refractivity contribution in [2.75, 3.05) is 0 Å². The van der Waals surface area contributed by atoms with Crippen molar-refractivity contribution in [2.24, 2.45) is 4.99 Å². The number of phenols is 1. The van der Waals surface area contributed by atoms with E-state index in [1.54, 1.807) is 12.1 Å². The normalized spacial score (nSPS) is 10.8. The summed E-state index contributed by atoms with van der Waals surface area (Å²) >= 11 is 0. The number of rotatable bonds is 5. The molecule has 0 aliphatic rings. The third-order valence-corrected chi connectivity index (χ3v) is 3.05. The Kier molecular flexibility index (Phi) is 4.63. The summed E-state index contributed by atoms with van der Waals surface area (Å²) in [5.41, 5.74) is 1.52. The summed E-state index contributed by atoms with van der Waals surface area (Å²) in [5, 5.41) is 20.3. The monoisotopic (exact) mass is 298 g/mol. The maximum atomic E-state index is 11.9. The maximum absolute atomic E-state index is 11.9. The highest BCUT2D eigenvalue weighted by atomic mass is 16.6. The second kappa shape index (κ2) is 6.62. The third kappa shape index (κ3) is 3.76. The number of nitro groups is 1. The first-order valence-corrected chi connectivity index (χ1v) is 6.57. The topological polar surface area (TPSA) is 92.8 Å². The van der Waals surface area contributed by atoms with Crippen LogP contribution in [0.25, 0.3) is 0 Å². The number of ketones is 1. The summed E-state index contributed by atoms with van der Waals surface area (Å²) in [5.74, 6) is -0.293. The van der Waals surface area contributed by atoms with Gasteiger partial charge in [-0.2, -0.15) is 0 Å². The Hall–Kier alpha value is -3.02. The van der Waals surface area contributed by atoms with Crippen LogP contribution in [0.2, 0.25) is 0 Å². The smallest absolute Gasteiger partial charge is 0.271 e. The van der Waals surface area contributed by atoms with Gasteiger partial charge in [0, 0.05) is 30.3 Å². The molecule has 0 aliphatic heterocycles. The second-order valence-corrected chi connectivity index (χ2v) is 4.74. The van der Waals surface area contributed by atoms with Crippen LogP contribution in [0, 0.1) is 17.0 Å². The van der Waals surface area contributed by atoms with Gasteiger partial charge in [-0.05, 0) is 13.0 Å². The van der Waals surface area contributed by atoms with Crippen molar-refractivity contribution in [3.05, 3.63) is 63.7 Å². The zero-order valence-corrected chi connectivity index (χ0v) is 11.9. The first kappa shape index (κ1) is 15.4. The van der Waals surface area contributed by atoms with Crippen LogP contribution in [-0.4, -0.2) is 22.0 Å². The fraction of sp³-hybridized carbons (Fsp3) is 0.125. The van der Waals surface area contributed by atoms with Gasteiger partial charge in [0.2, 0.25) is 0 Å². The van der Waals surface area contributed by atoms with E-state index < -0.39 is 4.92 Å². The van der Waals surface area contributed by atoms with E-state index in [4.69, 9.17) is 0 Å². The standard InChI is InChI=1S/C16H14N2O4/c1-11-2-4-12(5-3-11)15(19)8-9-17-14-10-13(18(21)22)6-7-16(14)20/h2-7,9-10,20H,8H2,1H3. The number of non-ortho nitro benzene ring substituents is 1. The first-order chi connectivity index (χ1) is 10.5. The number of hydrogen-bond donors (Lipinski definition) is 1. The van der Waals surface area contributed by atoms with Crippen LogP contribution in [0.1, 0.15) is 22.3 Å². The molecule has 0 saturated heterocycles. The molecule has 1 N–H and O–H groups in total. The van der Waals surface area contributed by atoms with Gasteiger partial charge in [0.15, 0.2) is 5.78 Å². The molecule has 6 heteroatoms. The molecule has 0 aliphatic carbocycles. The first-order valence-electron chi connectivity index (χ1n) is 6.57. The number of carbonyl (C=O) groups excluding carboxylic acids is 1. The minimum absolute atomic E-state index is 0.0468. The van der Waals surface area contributed by atoms with Crippen LogP contribution in [0.3, 0.4) is 0 Å². The van der Waals surface area contributed by atoms with Crippen molar-refractivity contribution in [3.63, 3.8) is 0 Å². The van der Waals surface area contributed by atoms with Gasteiger partial charge in [-0.15, -0.1) is 0 Å². The van der Waals surface area contributed by atoms with Gasteiger partial charge in [0.25, 0.3) is 5.69 Å². The molecule has 2 rings (SSSR count). The lowest BCUT2D eigenvalue weighted by Crippen LogP contribution is -1.99. The number of nitro benzene ring substituents is 1. The molecule has 0 aromatic heterocycles. The molecule has 2 aromatic carbocycles. The van der Waals surface area contributed by atoms with E-state index in [1.807, 2.05) is 19.1 Å². The molecule has 0 unspecified atom stereocenters. The molecule has 0 bridgehead atoms. The van der Waals surface area contributed by atoms with E-state index in [-0.39, 0.29) is 29.3 Å². The van der Waals surface area contributed by atoms with Gasteiger partial charge in [-0.3, -0.25) is 19.9 Å². The number of aryl methyl sites for hydroxylation is 1. The Balaban J connectivity index is 2.09. The number of aromatic hydroxyl groups is 1. The summed E-state index contributed by atoms with van der Waals surface area (Å²) in [4.78, 5) is 26.0. The fourth-order valence-electron chi connectivity index (χ4n) is 1.81. The molecule has 0 fully saturated rings. The van der Waals surface area contributed by atoms with Crippen LogP contribution < -0.4 is 0 Å². The van der Waals surface area contributed by atoms with E-state index in [0.29, 0.717) is 5.56 Å². The Morgan fingerprint density at radius 1 is 1.27 bits per heavy atom. The fourth-order valence-corrected chi connectivity index (χ4v) is 1.81. The zero-order valence-electron chi connectivity index (χ0n) is 11.9. The molecule has 0 amide bonds. The number of Topliss-reactive ketones (excluding diaryl/α,β-unsaturated/α-hetero) is 1. The summed E-state index contributed by atoms with van der Waals surface area (Å²) in [7, 11) is 0. The van der Waals surface area contributed by atoms with Crippen LogP contribution in [0.15, 0.2) is 47.5 Å². The molecule has 0 saturated carbocycles. The Bertz CT molecular complexity index is 736. The van der Waals surface area contributed by atoms with Gasteiger partial charge in [-0.25, -0.2) is 0 Å². The van der Waals surface area contributed by atoms with Gasteiger partial charge in [0.1, 0.15) is 11.4 Å². The van der Waals surface area contributed by atoms with Gasteiger partial charge < -0.3 is 5.11 Å². The molecule has 112 valence electrons. The van der Waals surface area contributed by atoms with Gasteiger partial charge >= 0.3 is 0 Å². The van der Waals surface area contributed by atoms with Crippen LogP contribution in [-0.2, 0) is 0 Å². The average Bonchev–Trinajstić information content (AvgIpc) is 2.49. The number of nitrogens with zero attached hydrogens (tertiary/aromatic N) is 2. The van der Waals surface area contributed by atoms with Gasteiger partial charge in [0.05, 0.1) is 4.92 Å². The lowest BCUT2D eigenvalue weighted by atomic mass is 10.1. The molecular weight excluding hydrogens is 284 g/mol. The van der Waals surface area contributed by atoms with E-state index in [1.165, 1.54) is 18.3 Å². The minimum Gasteiger partial charge on any atom is -0.506 e. The second-order valence-electron chi connectivity index (χ2n) is 4.74. The molecule has 22 heavy (non-hydrogen) atoms. The highest BCUT2D eigenvalue weighted by Gasteiger charge is 2.09. The van der Waals surface area contributed by atoms with Crippen LogP contribution in [0.4, 0.5) is 11.4 Å². The van der Waals surface area contributed by atoms with Crippen LogP contribution in [0.5, 0.6) is 5.75 Å². The maximum Gasteiger partial charge on any atom is 0.271 e. The number of phenolic OH excluding ortho intramolecular Hbond substituents is 1. The highest BCUT2D eigenvalue weighted by Crippen LogP contribution is 2.30. The highest BCUT2D eigenvalue weighted by molar-refractivity contribution is 6.03. The van der Waals surface area contributed by atoms with Crippen molar-refractivity contribution in [2.45, 2.75) is 13.3 Å². The lowest BCUT2D eigenvalue weighted by Gasteiger charge is -2.00. The molecule has 0 radical (unpaired) electrons. The predicted molar refractivity (Wildman–Crippen MR) is 83.0 cm³/mol. The molecular formula is C16H14N2O4. The molecule has 2 aromatic rings. The molecule has 0 spiro atoms. The number of benzene rings is 2. The predicted octanol–water partition coefficient (Wildman–Crippen LogP) is 3.58. The van der Waals surface area contributed by atoms with E-state index in [0.717, 1.165) is 11.6 Å². The van der Waals surface area contributed by atoms with Crippen molar-refractivity contribution in [1.29, 1.82) is 0 Å². The Labute approximate surface area is 126 Å². The summed E-state index contributed by atoms with van der Waals surface area (Å²) in [6, 6.07) is 10.7. The van der Waals surface area contributed by atoms with E-state index in [9.17, 15) is 20.0 Å². The summed E-state index contributed by atoms with van der Waals surface area (Å²) < 4.78 is 0. The molecule has 0 heterocycles. The lowest BCUT2D eigenvalue weighted by molar-refractivity contribution is -0.384. The quantitative estimate of drug-likeness (QED) is 0.395. The van der Waals surface area contributed by atoms with E-state index >= 15 is 0 Å². The molecule has 0 atom stereocenters. The number of hydrogen-bond acceptors (Lipinski definition) is 5. The van der Waals surface area contributed by atoms with Crippen molar-refractivity contribution < 1.29 is 14.8 Å². The van der Waals surface area contributed by atoms with E-state index in [2.05, 4.69) is 4.99 Å². The number of aliphatic imine (C=N–C) groups is 1. The molecule has 6 nitrogen and oxygen atoms in total. The van der Waals surface area contributed by atoms with Crippen molar-refractivity contribution in [1.82, 2.24) is 0 Å². The summed E-state index contributed by atoms with van der Waals surface area (Å²) in [6.07, 6.45) is 1.38. The summed E-state index contributed by atoms with van der Waals surface area (Å²) in [6.45, 7) is 1.93. The number of carbonyl (C=O) groups is 1. The Morgan fingerprint density at radius 3 is 2.59 bits per heavy atom. The largest absolute Gasteiger partial charge is 0.506 e.